The van der Waals surface area contributed by atoms with Crippen LogP contribution in [0, 0.1) is 0 Å². The topological polar surface area (TPSA) is 88.9 Å². The molecule has 4 rings (SSSR count). The number of anilines is 1. The molecule has 0 atom stereocenters. The summed E-state index contributed by atoms with van der Waals surface area (Å²) >= 11 is 13.2. The van der Waals surface area contributed by atoms with Gasteiger partial charge in [0.15, 0.2) is 11.0 Å². The summed E-state index contributed by atoms with van der Waals surface area (Å²) in [5.74, 6) is -0.739. The Bertz CT molecular complexity index is 1600. The molecule has 2 amide bonds. The molecule has 0 aliphatic carbocycles. The van der Waals surface area contributed by atoms with E-state index in [9.17, 15) is 22.8 Å². The number of nitrogens with zero attached hydrogens (tertiary/aromatic N) is 3. The molecule has 1 aromatic heterocycles. The van der Waals surface area contributed by atoms with Gasteiger partial charge in [0, 0.05) is 10.6 Å². The molecule has 0 spiro atoms. The van der Waals surface area contributed by atoms with E-state index in [1.54, 1.807) is 41.0 Å². The zero-order valence-electron chi connectivity index (χ0n) is 22.7. The van der Waals surface area contributed by atoms with Gasteiger partial charge in [-0.25, -0.2) is 0 Å². The lowest BCUT2D eigenvalue weighted by atomic mass is 9.87. The lowest BCUT2D eigenvalue weighted by molar-refractivity contribution is -0.137. The largest absolute Gasteiger partial charge is 0.416 e. The van der Waals surface area contributed by atoms with E-state index in [0.29, 0.717) is 27.3 Å². The zero-order valence-corrected chi connectivity index (χ0v) is 25.0. The minimum atomic E-state index is -4.59. The van der Waals surface area contributed by atoms with Gasteiger partial charge in [0.25, 0.3) is 5.91 Å². The van der Waals surface area contributed by atoms with Crippen molar-refractivity contribution in [1.82, 2.24) is 20.1 Å². The normalized spacial score (nSPS) is 11.8. The Hall–Kier alpha value is -3.54. The van der Waals surface area contributed by atoms with Crippen molar-refractivity contribution >= 4 is 52.5 Å². The van der Waals surface area contributed by atoms with Crippen LogP contribution in [-0.4, -0.2) is 32.3 Å². The first-order chi connectivity index (χ1) is 19.7. The Labute approximate surface area is 254 Å². The van der Waals surface area contributed by atoms with Crippen LogP contribution >= 0.6 is 35.0 Å². The lowest BCUT2D eigenvalue weighted by Gasteiger charge is -2.19. The molecule has 0 unspecified atom stereocenters. The molecule has 1 heterocycles. The van der Waals surface area contributed by atoms with E-state index in [1.807, 2.05) is 12.1 Å². The molecular weight excluding hydrogens is 610 g/mol. The first kappa shape index (κ1) is 31.4. The highest BCUT2D eigenvalue weighted by molar-refractivity contribution is 7.99. The SMILES string of the molecule is CC(C)(C)c1ccc(C(=O)NCc2nnc(SCC(=O)Nc3cc(C(F)(F)F)ccc3Cl)n2-c2cccc(Cl)c2)cc1. The molecular formula is C29H26Cl2F3N5O2S. The lowest BCUT2D eigenvalue weighted by Crippen LogP contribution is -2.25. The number of halogens is 5. The van der Waals surface area contributed by atoms with Crippen LogP contribution in [0.4, 0.5) is 18.9 Å². The maximum absolute atomic E-state index is 13.1. The Balaban J connectivity index is 1.50. The van der Waals surface area contributed by atoms with Crippen molar-refractivity contribution in [3.63, 3.8) is 0 Å². The van der Waals surface area contributed by atoms with Gasteiger partial charge in [-0.3, -0.25) is 14.2 Å². The average Bonchev–Trinajstić information content (AvgIpc) is 3.33. The van der Waals surface area contributed by atoms with E-state index in [-0.39, 0.29) is 34.3 Å². The van der Waals surface area contributed by atoms with Gasteiger partial charge in [0.2, 0.25) is 5.91 Å². The smallest absolute Gasteiger partial charge is 0.345 e. The minimum absolute atomic E-state index is 0.0198. The summed E-state index contributed by atoms with van der Waals surface area (Å²) in [6.45, 7) is 6.28. The number of hydrogen-bond donors (Lipinski definition) is 2. The van der Waals surface area contributed by atoms with Crippen LogP contribution in [0.3, 0.4) is 0 Å². The van der Waals surface area contributed by atoms with Crippen LogP contribution in [0.25, 0.3) is 5.69 Å². The van der Waals surface area contributed by atoms with E-state index in [2.05, 4.69) is 41.6 Å². The van der Waals surface area contributed by atoms with Gasteiger partial charge in [-0.2, -0.15) is 13.2 Å². The number of carbonyl (C=O) groups is 2. The fourth-order valence-electron chi connectivity index (χ4n) is 3.88. The third-order valence-corrected chi connectivity index (χ3v) is 7.58. The molecule has 7 nitrogen and oxygen atoms in total. The van der Waals surface area contributed by atoms with E-state index >= 15 is 0 Å². The highest BCUT2D eigenvalue weighted by Crippen LogP contribution is 2.34. The molecule has 0 saturated carbocycles. The van der Waals surface area contributed by atoms with E-state index < -0.39 is 17.6 Å². The van der Waals surface area contributed by atoms with E-state index in [1.165, 1.54) is 0 Å². The van der Waals surface area contributed by atoms with Crippen molar-refractivity contribution in [2.45, 2.75) is 44.1 Å². The number of thioether (sulfide) groups is 1. The monoisotopic (exact) mass is 635 g/mol. The number of benzene rings is 3. The molecule has 4 aromatic rings. The van der Waals surface area contributed by atoms with Crippen LogP contribution in [-0.2, 0) is 22.9 Å². The van der Waals surface area contributed by atoms with Crippen molar-refractivity contribution in [3.05, 3.63) is 99.3 Å². The number of rotatable bonds is 8. The fourth-order valence-corrected chi connectivity index (χ4v) is 5.00. The van der Waals surface area contributed by atoms with E-state index in [0.717, 1.165) is 35.5 Å². The molecule has 220 valence electrons. The molecule has 0 bridgehead atoms. The molecule has 0 radical (unpaired) electrons. The molecule has 2 N–H and O–H groups in total. The Morgan fingerprint density at radius 1 is 0.929 bits per heavy atom. The van der Waals surface area contributed by atoms with Crippen molar-refractivity contribution in [1.29, 1.82) is 0 Å². The second-order valence-electron chi connectivity index (χ2n) is 10.3. The highest BCUT2D eigenvalue weighted by atomic mass is 35.5. The number of alkyl halides is 3. The Kier molecular flexibility index (Phi) is 9.54. The molecule has 0 fully saturated rings. The van der Waals surface area contributed by atoms with Crippen LogP contribution < -0.4 is 10.6 Å². The van der Waals surface area contributed by atoms with Gasteiger partial charge in [-0.15, -0.1) is 10.2 Å². The molecule has 3 aromatic carbocycles. The van der Waals surface area contributed by atoms with Gasteiger partial charge in [0.1, 0.15) is 0 Å². The Morgan fingerprint density at radius 3 is 2.26 bits per heavy atom. The summed E-state index contributed by atoms with van der Waals surface area (Å²) in [5, 5.41) is 14.4. The first-order valence-electron chi connectivity index (χ1n) is 12.6. The van der Waals surface area contributed by atoms with Crippen molar-refractivity contribution in [2.75, 3.05) is 11.1 Å². The second kappa shape index (κ2) is 12.8. The van der Waals surface area contributed by atoms with Gasteiger partial charge in [-0.1, -0.05) is 73.9 Å². The first-order valence-corrected chi connectivity index (χ1v) is 14.3. The number of carbonyl (C=O) groups excluding carboxylic acids is 2. The van der Waals surface area contributed by atoms with Crippen LogP contribution in [0.15, 0.2) is 71.9 Å². The molecule has 42 heavy (non-hydrogen) atoms. The molecule has 0 aliphatic rings. The second-order valence-corrected chi connectivity index (χ2v) is 12.0. The number of nitrogens with one attached hydrogen (secondary N) is 2. The number of amides is 2. The standard InChI is InChI=1S/C29H26Cl2F3N5O2S/c1-28(2,3)18-9-7-17(8-10-18)26(41)35-15-24-37-38-27(39(24)21-6-4-5-20(30)14-21)42-16-25(40)36-23-13-19(29(32,33)34)11-12-22(23)31/h4-14H,15-16H2,1-3H3,(H,35,41)(H,36,40). The molecule has 0 saturated heterocycles. The summed E-state index contributed by atoms with van der Waals surface area (Å²) in [6.07, 6.45) is -4.59. The number of aromatic nitrogens is 3. The average molecular weight is 637 g/mol. The Morgan fingerprint density at radius 2 is 1.62 bits per heavy atom. The summed E-state index contributed by atoms with van der Waals surface area (Å²) in [5.41, 5.74) is 1.03. The van der Waals surface area contributed by atoms with Crippen molar-refractivity contribution in [2.24, 2.45) is 0 Å². The third-order valence-electron chi connectivity index (χ3n) is 6.09. The van der Waals surface area contributed by atoms with Gasteiger partial charge in [0.05, 0.1) is 34.3 Å². The van der Waals surface area contributed by atoms with Crippen molar-refractivity contribution in [3.8, 4) is 5.69 Å². The highest BCUT2D eigenvalue weighted by Gasteiger charge is 2.31. The predicted molar refractivity (Wildman–Crippen MR) is 158 cm³/mol. The maximum Gasteiger partial charge on any atom is 0.416 e. The fraction of sp³-hybridized carbons (Fsp3) is 0.241. The van der Waals surface area contributed by atoms with Crippen LogP contribution in [0.2, 0.25) is 10.0 Å². The summed E-state index contributed by atoms with van der Waals surface area (Å²) in [7, 11) is 0. The summed E-state index contributed by atoms with van der Waals surface area (Å²) in [4.78, 5) is 25.5. The van der Waals surface area contributed by atoms with Crippen molar-refractivity contribution < 1.29 is 22.8 Å². The van der Waals surface area contributed by atoms with Crippen LogP contribution in [0.5, 0.6) is 0 Å². The summed E-state index contributed by atoms with van der Waals surface area (Å²) < 4.78 is 40.9. The molecule has 0 aliphatic heterocycles. The molecule has 13 heteroatoms. The van der Waals surface area contributed by atoms with E-state index in [4.69, 9.17) is 23.2 Å². The zero-order chi connectivity index (χ0) is 30.7. The minimum Gasteiger partial charge on any atom is -0.345 e. The number of hydrogen-bond acceptors (Lipinski definition) is 5. The third kappa shape index (κ3) is 7.84. The van der Waals surface area contributed by atoms with Crippen LogP contribution in [0.1, 0.15) is 48.1 Å². The maximum atomic E-state index is 13.1. The summed E-state index contributed by atoms with van der Waals surface area (Å²) in [6, 6.07) is 16.9. The quantitative estimate of drug-likeness (QED) is 0.195. The van der Waals surface area contributed by atoms with Gasteiger partial charge in [-0.05, 0) is 59.5 Å². The predicted octanol–water partition coefficient (Wildman–Crippen LogP) is 7.55. The van der Waals surface area contributed by atoms with Gasteiger partial charge >= 0.3 is 6.18 Å². The van der Waals surface area contributed by atoms with Gasteiger partial charge < -0.3 is 10.6 Å².